The summed E-state index contributed by atoms with van der Waals surface area (Å²) in [6.07, 6.45) is 8.48. The Morgan fingerprint density at radius 3 is 1.30 bits per heavy atom. The lowest BCUT2D eigenvalue weighted by atomic mass is 10.1. The number of nitrogens with zero attached hydrogens (tertiary/aromatic N) is 2. The van der Waals surface area contributed by atoms with Crippen molar-refractivity contribution in [3.05, 3.63) is 116 Å². The Labute approximate surface area is 330 Å². The number of amides is 2. The molecule has 0 aromatic heterocycles. The van der Waals surface area contributed by atoms with Gasteiger partial charge in [0.15, 0.2) is 0 Å². The number of halogens is 2. The third-order valence-corrected chi connectivity index (χ3v) is 8.83. The second-order valence-corrected chi connectivity index (χ2v) is 13.6. The maximum absolute atomic E-state index is 12.6. The van der Waals surface area contributed by atoms with Crippen molar-refractivity contribution in [2.24, 2.45) is 10.2 Å². The van der Waals surface area contributed by atoms with E-state index in [0.717, 1.165) is 34.6 Å². The van der Waals surface area contributed by atoms with Crippen molar-refractivity contribution < 1.29 is 38.1 Å². The van der Waals surface area contributed by atoms with Crippen LogP contribution in [0.5, 0.6) is 23.0 Å². The Kier molecular flexibility index (Phi) is 16.9. The second-order valence-electron chi connectivity index (χ2n) is 11.8. The Morgan fingerprint density at radius 2 is 0.926 bits per heavy atom. The number of hydrogen-bond acceptors (Lipinski definition) is 10. The Balaban J connectivity index is 1.09. The molecular formula is C40H40Br2N4O8. The molecule has 0 aliphatic heterocycles. The van der Waals surface area contributed by atoms with Crippen LogP contribution in [-0.2, 0) is 9.59 Å². The number of carbonyl (C=O) groups excluding carboxylic acids is 4. The molecule has 0 saturated carbocycles. The molecular weight excluding hydrogens is 824 g/mol. The highest BCUT2D eigenvalue weighted by atomic mass is 79.9. The standard InChI is InChI=1S/C40H40Br2N4O8/c1-51-33-17-11-27(12-18-33)39(49)53-35-21-15-31(41)23-29(35)25-43-45-37(47)9-7-5-3-4-6-8-10-38(48)46-44-26-30-24-32(42)16-22-36(30)54-40(50)28-13-19-34(52-2)20-14-28/h11-26H,3-10H2,1-2H3,(H,45,47)(H,46,48)/b43-25-,44-26-. The average molecular weight is 865 g/mol. The van der Waals surface area contributed by atoms with Crippen LogP contribution in [0.25, 0.3) is 0 Å². The van der Waals surface area contributed by atoms with Crippen LogP contribution in [0, 0.1) is 0 Å². The third-order valence-electron chi connectivity index (χ3n) is 7.84. The molecule has 0 atom stereocenters. The second kappa shape index (κ2) is 22.0. The monoisotopic (exact) mass is 862 g/mol. The summed E-state index contributed by atoms with van der Waals surface area (Å²) in [7, 11) is 3.09. The molecule has 2 amide bonds. The van der Waals surface area contributed by atoms with E-state index in [2.05, 4.69) is 52.9 Å². The van der Waals surface area contributed by atoms with Crippen molar-refractivity contribution in [1.82, 2.24) is 10.9 Å². The van der Waals surface area contributed by atoms with E-state index >= 15 is 0 Å². The number of benzene rings is 4. The lowest BCUT2D eigenvalue weighted by Gasteiger charge is -2.08. The summed E-state index contributed by atoms with van der Waals surface area (Å²) >= 11 is 6.81. The Bertz CT molecular complexity index is 1810. The summed E-state index contributed by atoms with van der Waals surface area (Å²) in [6.45, 7) is 0. The lowest BCUT2D eigenvalue weighted by molar-refractivity contribution is -0.122. The quantitative estimate of drug-likeness (QED) is 0.0314. The minimum absolute atomic E-state index is 0.222. The van der Waals surface area contributed by atoms with Crippen LogP contribution in [0.3, 0.4) is 0 Å². The van der Waals surface area contributed by atoms with Gasteiger partial charge >= 0.3 is 11.9 Å². The molecule has 4 aromatic rings. The van der Waals surface area contributed by atoms with Gasteiger partial charge in [-0.3, -0.25) is 9.59 Å². The molecule has 14 heteroatoms. The number of methoxy groups -OCH3 is 2. The van der Waals surface area contributed by atoms with E-state index < -0.39 is 11.9 Å². The Hall–Kier alpha value is -5.34. The summed E-state index contributed by atoms with van der Waals surface area (Å²) in [6, 6.07) is 23.4. The summed E-state index contributed by atoms with van der Waals surface area (Å²) in [5.74, 6) is 0.329. The molecule has 4 aromatic carbocycles. The molecule has 0 spiro atoms. The predicted octanol–water partition coefficient (Wildman–Crippen LogP) is 8.39. The average Bonchev–Trinajstić information content (AvgIpc) is 3.17. The molecule has 54 heavy (non-hydrogen) atoms. The van der Waals surface area contributed by atoms with E-state index in [1.54, 1.807) is 99.1 Å². The SMILES string of the molecule is COc1ccc(C(=O)Oc2ccc(Br)cc2/C=N\NC(=O)CCCCCCCCC(=O)N/N=C\c2cc(Br)ccc2OC(=O)c2ccc(OC)cc2)cc1. The van der Waals surface area contributed by atoms with Gasteiger partial charge in [0, 0.05) is 32.9 Å². The molecule has 2 N–H and O–H groups in total. The van der Waals surface area contributed by atoms with Gasteiger partial charge in [0.25, 0.3) is 0 Å². The largest absolute Gasteiger partial charge is 0.497 e. The number of rotatable bonds is 19. The van der Waals surface area contributed by atoms with E-state index in [-0.39, 0.29) is 11.8 Å². The lowest BCUT2D eigenvalue weighted by Crippen LogP contribution is -2.17. The number of ether oxygens (including phenoxy) is 4. The van der Waals surface area contributed by atoms with Crippen LogP contribution >= 0.6 is 31.9 Å². The zero-order chi connectivity index (χ0) is 38.7. The Morgan fingerprint density at radius 1 is 0.556 bits per heavy atom. The fourth-order valence-electron chi connectivity index (χ4n) is 4.94. The van der Waals surface area contributed by atoms with Crippen LogP contribution in [0.4, 0.5) is 0 Å². The fraction of sp³-hybridized carbons (Fsp3) is 0.250. The van der Waals surface area contributed by atoms with Crippen molar-refractivity contribution in [1.29, 1.82) is 0 Å². The van der Waals surface area contributed by atoms with Crippen LogP contribution < -0.4 is 29.8 Å². The fourth-order valence-corrected chi connectivity index (χ4v) is 5.69. The summed E-state index contributed by atoms with van der Waals surface area (Å²) in [5, 5.41) is 8.10. The molecule has 282 valence electrons. The number of carbonyl (C=O) groups is 4. The number of hydrazone groups is 2. The number of hydrogen-bond donors (Lipinski definition) is 2. The molecule has 0 fully saturated rings. The third kappa shape index (κ3) is 13.9. The molecule has 0 aliphatic carbocycles. The summed E-state index contributed by atoms with van der Waals surface area (Å²) < 4.78 is 22.9. The van der Waals surface area contributed by atoms with Gasteiger partial charge in [-0.2, -0.15) is 10.2 Å². The van der Waals surface area contributed by atoms with E-state index in [9.17, 15) is 19.2 Å². The normalized spacial score (nSPS) is 11.0. The maximum atomic E-state index is 12.6. The molecule has 0 bridgehead atoms. The van der Waals surface area contributed by atoms with Gasteiger partial charge in [-0.25, -0.2) is 20.4 Å². The van der Waals surface area contributed by atoms with Crippen molar-refractivity contribution >= 4 is 68.0 Å². The first kappa shape index (κ1) is 41.4. The first-order valence-corrected chi connectivity index (χ1v) is 18.7. The van der Waals surface area contributed by atoms with Gasteiger partial charge in [-0.15, -0.1) is 0 Å². The van der Waals surface area contributed by atoms with Gasteiger partial charge < -0.3 is 18.9 Å². The minimum atomic E-state index is -0.536. The van der Waals surface area contributed by atoms with Gasteiger partial charge in [0.1, 0.15) is 23.0 Å². The van der Waals surface area contributed by atoms with Crippen LogP contribution in [0.2, 0.25) is 0 Å². The van der Waals surface area contributed by atoms with E-state index in [0.29, 0.717) is 70.9 Å². The molecule has 0 heterocycles. The van der Waals surface area contributed by atoms with Gasteiger partial charge in [0.05, 0.1) is 37.8 Å². The zero-order valence-electron chi connectivity index (χ0n) is 29.8. The molecule has 12 nitrogen and oxygen atoms in total. The van der Waals surface area contributed by atoms with E-state index in [4.69, 9.17) is 18.9 Å². The number of unbranched alkanes of at least 4 members (excludes halogenated alkanes) is 5. The number of nitrogens with one attached hydrogen (secondary N) is 2. The highest BCUT2D eigenvalue weighted by Crippen LogP contribution is 2.25. The maximum Gasteiger partial charge on any atom is 0.343 e. The molecule has 0 saturated heterocycles. The smallest absolute Gasteiger partial charge is 0.343 e. The van der Waals surface area contributed by atoms with Crippen LogP contribution in [0.1, 0.15) is 83.2 Å². The van der Waals surface area contributed by atoms with E-state index in [1.165, 1.54) is 12.4 Å². The minimum Gasteiger partial charge on any atom is -0.497 e. The van der Waals surface area contributed by atoms with Crippen LogP contribution in [-0.4, -0.2) is 50.4 Å². The van der Waals surface area contributed by atoms with Gasteiger partial charge in [0.2, 0.25) is 11.8 Å². The zero-order valence-corrected chi connectivity index (χ0v) is 33.0. The first-order chi connectivity index (χ1) is 26.1. The van der Waals surface area contributed by atoms with Crippen molar-refractivity contribution in [2.45, 2.75) is 51.4 Å². The summed E-state index contributed by atoms with van der Waals surface area (Å²) in [5.41, 5.74) is 6.80. The first-order valence-electron chi connectivity index (χ1n) is 17.1. The van der Waals surface area contributed by atoms with E-state index in [1.807, 2.05) is 0 Å². The van der Waals surface area contributed by atoms with Crippen molar-refractivity contribution in [2.75, 3.05) is 14.2 Å². The summed E-state index contributed by atoms with van der Waals surface area (Å²) in [4.78, 5) is 49.9. The molecule has 0 unspecified atom stereocenters. The number of esters is 2. The van der Waals surface area contributed by atoms with Crippen molar-refractivity contribution in [3.8, 4) is 23.0 Å². The van der Waals surface area contributed by atoms with Crippen molar-refractivity contribution in [3.63, 3.8) is 0 Å². The predicted molar refractivity (Wildman–Crippen MR) is 213 cm³/mol. The molecule has 0 aliphatic rings. The van der Waals surface area contributed by atoms with Gasteiger partial charge in [-0.05, 0) is 97.8 Å². The highest BCUT2D eigenvalue weighted by molar-refractivity contribution is 9.10. The highest BCUT2D eigenvalue weighted by Gasteiger charge is 2.14. The van der Waals surface area contributed by atoms with Crippen LogP contribution in [0.15, 0.2) is 104 Å². The van der Waals surface area contributed by atoms with Gasteiger partial charge in [-0.1, -0.05) is 57.5 Å². The molecule has 0 radical (unpaired) electrons. The topological polar surface area (TPSA) is 154 Å². The molecule has 4 rings (SSSR count).